The van der Waals surface area contributed by atoms with E-state index in [-0.39, 0.29) is 12.0 Å². The van der Waals surface area contributed by atoms with Crippen LogP contribution in [0.4, 0.5) is 0 Å². The van der Waals surface area contributed by atoms with Gasteiger partial charge in [0.05, 0.1) is 6.61 Å². The van der Waals surface area contributed by atoms with Crippen molar-refractivity contribution in [2.24, 2.45) is 5.41 Å². The van der Waals surface area contributed by atoms with Crippen LogP contribution in [0.5, 0.6) is 0 Å². The van der Waals surface area contributed by atoms with E-state index in [1.165, 1.54) is 25.7 Å². The quantitative estimate of drug-likeness (QED) is 0.574. The second-order valence-electron chi connectivity index (χ2n) is 4.41. The number of hydrogen-bond donors (Lipinski definition) is 0. The molecule has 0 amide bonds. The van der Waals surface area contributed by atoms with Gasteiger partial charge >= 0.3 is 0 Å². The van der Waals surface area contributed by atoms with Crippen molar-refractivity contribution in [2.45, 2.75) is 60.3 Å². The van der Waals surface area contributed by atoms with E-state index >= 15 is 0 Å². The van der Waals surface area contributed by atoms with Gasteiger partial charge in [-0.25, -0.2) is 5.11 Å². The van der Waals surface area contributed by atoms with Gasteiger partial charge < -0.3 is 0 Å². The molecule has 0 aliphatic heterocycles. The molecule has 0 bridgehead atoms. The zero-order valence-electron chi connectivity index (χ0n) is 9.44. The normalized spacial score (nSPS) is 10.5. The van der Waals surface area contributed by atoms with Crippen molar-refractivity contribution in [2.75, 3.05) is 6.61 Å². The van der Waals surface area contributed by atoms with E-state index in [1.54, 1.807) is 0 Å². The molecule has 0 aliphatic rings. The third kappa shape index (κ3) is 22.5. The molecule has 0 aromatic rings. The van der Waals surface area contributed by atoms with Crippen LogP contribution in [-0.4, -0.2) is 6.61 Å². The van der Waals surface area contributed by atoms with Gasteiger partial charge in [0.25, 0.3) is 0 Å². The van der Waals surface area contributed by atoms with Crippen molar-refractivity contribution in [3.05, 3.63) is 0 Å². The highest BCUT2D eigenvalue weighted by Crippen LogP contribution is 2.09. The molecule has 12 heavy (non-hydrogen) atoms. The van der Waals surface area contributed by atoms with E-state index in [4.69, 9.17) is 0 Å². The van der Waals surface area contributed by atoms with Crippen molar-refractivity contribution in [1.29, 1.82) is 0 Å². The Labute approximate surface area is 78.2 Å². The minimum Gasteiger partial charge on any atom is -0.236 e. The van der Waals surface area contributed by atoms with Crippen LogP contribution in [0.25, 0.3) is 0 Å². The number of hydrogen-bond acceptors (Lipinski definition) is 0. The van der Waals surface area contributed by atoms with Gasteiger partial charge in [-0.3, -0.25) is 0 Å². The Morgan fingerprint density at radius 1 is 0.917 bits per heavy atom. The second-order valence-corrected chi connectivity index (χ2v) is 4.41. The molecule has 0 rings (SSSR count). The largest absolute Gasteiger partial charge is 0.236 e. The molecule has 0 saturated carbocycles. The smallest absolute Gasteiger partial charge is 0.0870 e. The fraction of sp³-hybridized carbons (Fsp3) is 1.00. The van der Waals surface area contributed by atoms with Crippen molar-refractivity contribution < 1.29 is 5.11 Å². The Morgan fingerprint density at radius 2 is 1.17 bits per heavy atom. The minimum absolute atomic E-state index is 0.0139. The van der Waals surface area contributed by atoms with E-state index in [2.05, 4.69) is 13.8 Å². The Morgan fingerprint density at radius 3 is 1.25 bits per heavy atom. The van der Waals surface area contributed by atoms with Crippen LogP contribution in [-0.2, 0) is 5.11 Å². The first-order valence-corrected chi connectivity index (χ1v) is 5.06. The number of unbranched alkanes of at least 4 members (excludes halogenated alkanes) is 3. The van der Waals surface area contributed by atoms with E-state index in [0.717, 1.165) is 0 Å². The Kier molecular flexibility index (Phi) is 10.9. The summed E-state index contributed by atoms with van der Waals surface area (Å²) in [6, 6.07) is 0. The first-order chi connectivity index (χ1) is 5.47. The fourth-order valence-electron chi connectivity index (χ4n) is 0.500. The summed E-state index contributed by atoms with van der Waals surface area (Å²) in [6.07, 6.45) is 5.54. The predicted molar refractivity (Wildman–Crippen MR) is 54.8 cm³/mol. The third-order valence-corrected chi connectivity index (χ3v) is 1.39. The average Bonchev–Trinajstić information content (AvgIpc) is 2.01. The van der Waals surface area contributed by atoms with Crippen molar-refractivity contribution >= 4 is 0 Å². The lowest BCUT2D eigenvalue weighted by Crippen LogP contribution is -2.08. The lowest BCUT2D eigenvalue weighted by atomic mass is 9.99. The maximum Gasteiger partial charge on any atom is 0.0870 e. The standard InChI is InChI=1S/C6H14.C5H11O/c1-3-5-6-4-2;1-5(2,3)4-6/h3-6H2,1-2H3;4H2,1-3H3. The summed E-state index contributed by atoms with van der Waals surface area (Å²) in [4.78, 5) is 0. The van der Waals surface area contributed by atoms with E-state index in [9.17, 15) is 5.11 Å². The molecular weight excluding hydrogens is 148 g/mol. The van der Waals surface area contributed by atoms with Crippen LogP contribution in [0.1, 0.15) is 60.3 Å². The summed E-state index contributed by atoms with van der Waals surface area (Å²) in [5.74, 6) is 0. The maximum absolute atomic E-state index is 9.95. The highest BCUT2D eigenvalue weighted by atomic mass is 16.3. The summed E-state index contributed by atoms with van der Waals surface area (Å²) in [6.45, 7) is 10.3. The van der Waals surface area contributed by atoms with Gasteiger partial charge in [0.2, 0.25) is 0 Å². The lowest BCUT2D eigenvalue weighted by molar-refractivity contribution is 0.105. The van der Waals surface area contributed by atoms with Gasteiger partial charge in [0.1, 0.15) is 0 Å². The molecule has 0 spiro atoms. The van der Waals surface area contributed by atoms with E-state index < -0.39 is 0 Å². The molecular formula is C11H25O. The summed E-state index contributed by atoms with van der Waals surface area (Å²) in [5, 5.41) is 9.95. The van der Waals surface area contributed by atoms with Gasteiger partial charge in [0, 0.05) is 0 Å². The molecule has 1 radical (unpaired) electrons. The Hall–Kier alpha value is -0.0400. The topological polar surface area (TPSA) is 19.9 Å². The first-order valence-electron chi connectivity index (χ1n) is 5.06. The average molecular weight is 173 g/mol. The van der Waals surface area contributed by atoms with Crippen molar-refractivity contribution in [3.63, 3.8) is 0 Å². The molecule has 0 aromatic carbocycles. The zero-order valence-corrected chi connectivity index (χ0v) is 9.44. The highest BCUT2D eigenvalue weighted by Gasteiger charge is 2.06. The van der Waals surface area contributed by atoms with E-state index in [0.29, 0.717) is 0 Å². The predicted octanol–water partition coefficient (Wildman–Crippen LogP) is 4.05. The zero-order chi connectivity index (χ0) is 10.0. The molecule has 0 saturated heterocycles. The van der Waals surface area contributed by atoms with E-state index in [1.807, 2.05) is 20.8 Å². The van der Waals surface area contributed by atoms with Gasteiger partial charge in [-0.2, -0.15) is 0 Å². The fourth-order valence-corrected chi connectivity index (χ4v) is 0.500. The van der Waals surface area contributed by atoms with Crippen molar-refractivity contribution in [3.8, 4) is 0 Å². The first kappa shape index (κ1) is 14.5. The molecule has 0 atom stereocenters. The second kappa shape index (κ2) is 9.05. The lowest BCUT2D eigenvalue weighted by Gasteiger charge is -2.09. The molecule has 75 valence electrons. The van der Waals surface area contributed by atoms with Crippen LogP contribution >= 0.6 is 0 Å². The molecule has 0 N–H and O–H groups in total. The molecule has 0 aromatic heterocycles. The highest BCUT2D eigenvalue weighted by molar-refractivity contribution is 4.55. The molecule has 0 aliphatic carbocycles. The minimum atomic E-state index is -0.0139. The summed E-state index contributed by atoms with van der Waals surface area (Å²) >= 11 is 0. The van der Waals surface area contributed by atoms with Crippen LogP contribution < -0.4 is 0 Å². The Balaban J connectivity index is 0. The molecule has 0 unspecified atom stereocenters. The number of rotatable bonds is 3. The summed E-state index contributed by atoms with van der Waals surface area (Å²) < 4.78 is 0. The molecule has 1 heteroatoms. The molecule has 0 fully saturated rings. The SMILES string of the molecule is CC(C)(C)C[O].CCCCCC. The van der Waals surface area contributed by atoms with Crippen LogP contribution in [0.15, 0.2) is 0 Å². The summed E-state index contributed by atoms with van der Waals surface area (Å²) in [5.41, 5.74) is -0.0139. The van der Waals surface area contributed by atoms with Crippen LogP contribution in [0, 0.1) is 5.41 Å². The van der Waals surface area contributed by atoms with Crippen molar-refractivity contribution in [1.82, 2.24) is 0 Å². The van der Waals surface area contributed by atoms with Gasteiger partial charge in [0.15, 0.2) is 0 Å². The molecule has 0 heterocycles. The maximum atomic E-state index is 9.95. The molecule has 1 nitrogen and oxygen atoms in total. The van der Waals surface area contributed by atoms with Crippen LogP contribution in [0.2, 0.25) is 0 Å². The third-order valence-electron chi connectivity index (χ3n) is 1.39. The van der Waals surface area contributed by atoms with Gasteiger partial charge in [-0.05, 0) is 5.41 Å². The van der Waals surface area contributed by atoms with Gasteiger partial charge in [-0.15, -0.1) is 0 Å². The summed E-state index contributed by atoms with van der Waals surface area (Å²) in [7, 11) is 0. The Bertz CT molecular complexity index is 67.6. The van der Waals surface area contributed by atoms with Gasteiger partial charge in [-0.1, -0.05) is 60.3 Å². The monoisotopic (exact) mass is 173 g/mol. The van der Waals surface area contributed by atoms with Crippen LogP contribution in [0.3, 0.4) is 0 Å².